The second kappa shape index (κ2) is 19.2. The average Bonchev–Trinajstić information content (AvgIpc) is 1.29. The van der Waals surface area contributed by atoms with Crippen LogP contribution in [-0.4, -0.2) is 6.85 Å². The van der Waals surface area contributed by atoms with Gasteiger partial charge in [-0.1, -0.05) is 204 Å². The number of hydrogen-bond acceptors (Lipinski definition) is 4. The van der Waals surface area contributed by atoms with E-state index in [2.05, 4.69) is 310 Å². The predicted molar refractivity (Wildman–Crippen MR) is 386 cm³/mol. The molecule has 90 heavy (non-hydrogen) atoms. The van der Waals surface area contributed by atoms with Crippen molar-refractivity contribution in [2.45, 2.75) is 201 Å². The minimum absolute atomic E-state index is 0.00721. The van der Waals surface area contributed by atoms with Gasteiger partial charge in [-0.25, -0.2) is 0 Å². The van der Waals surface area contributed by atoms with Gasteiger partial charge in [-0.3, -0.25) is 0 Å². The molecule has 4 nitrogen and oxygen atoms in total. The van der Waals surface area contributed by atoms with E-state index in [9.17, 15) is 0 Å². The third-order valence-corrected chi connectivity index (χ3v) is 22.6. The number of fused-ring (bicyclic) bond motifs is 13. The lowest BCUT2D eigenvalue weighted by Gasteiger charge is -2.48. The normalized spacial score (nSPS) is 17.9. The van der Waals surface area contributed by atoms with Gasteiger partial charge in [-0.15, -0.1) is 0 Å². The molecule has 9 aromatic carbocycles. The van der Waals surface area contributed by atoms with Gasteiger partial charge in [0.2, 0.25) is 0 Å². The molecule has 15 rings (SSSR count). The maximum atomic E-state index is 7.38. The summed E-state index contributed by atoms with van der Waals surface area (Å²) in [4.78, 5) is 7.90. The van der Waals surface area contributed by atoms with Crippen molar-refractivity contribution in [1.82, 2.24) is 0 Å². The summed E-state index contributed by atoms with van der Waals surface area (Å²) in [5, 5.41) is 2.38. The first-order valence-corrected chi connectivity index (χ1v) is 33.6. The molecule has 5 aliphatic rings. The first kappa shape index (κ1) is 58.6. The Balaban J connectivity index is 1.08. The summed E-state index contributed by atoms with van der Waals surface area (Å²) in [6, 6.07) is 65.1. The van der Waals surface area contributed by atoms with Gasteiger partial charge in [0, 0.05) is 73.3 Å². The number of rotatable bonds is 5. The van der Waals surface area contributed by atoms with Crippen molar-refractivity contribution < 1.29 is 4.42 Å². The maximum absolute atomic E-state index is 7.38. The molecule has 0 saturated carbocycles. The van der Waals surface area contributed by atoms with E-state index in [1.165, 1.54) is 117 Å². The summed E-state index contributed by atoms with van der Waals surface area (Å²) >= 11 is 0. The highest BCUT2D eigenvalue weighted by Crippen LogP contribution is 2.60. The van der Waals surface area contributed by atoms with Gasteiger partial charge in [-0.05, 0) is 226 Å². The molecule has 2 aliphatic heterocycles. The molecule has 1 aromatic heterocycles. The standard InChI is InChI=1S/C85H92BN3O/c1-78(2,3)51-24-30-54(31-25-51)87(55-32-26-52(27-33-55)79(4,5)6)57-37-39-69-71(45-57)88(56-34-28-53(29-35-56)80(7,8)9)72-48-62-59-22-20-21-23-64(59)85(18,19)76(62)75-63-46-60-61-47-67-68(84(16,17)43-42-83(67,14)15)49-73(61)90-74(60)50-70(63)89(86(69)77(72)75)58-36-38-65-66(44-58)82(12,13)41-40-81(65,10)11/h20-39,44-50H,40-43H2,1-19H3. The number of furan rings is 1. The molecule has 3 aliphatic carbocycles. The maximum Gasteiger partial charge on any atom is 0.333 e. The van der Waals surface area contributed by atoms with Crippen LogP contribution in [0.15, 0.2) is 168 Å². The van der Waals surface area contributed by atoms with Crippen LogP contribution in [-0.2, 0) is 43.3 Å². The van der Waals surface area contributed by atoms with E-state index < -0.39 is 0 Å². The van der Waals surface area contributed by atoms with Crippen molar-refractivity contribution in [2.24, 2.45) is 0 Å². The van der Waals surface area contributed by atoms with E-state index >= 15 is 0 Å². The average molecular weight is 1180 g/mol. The van der Waals surface area contributed by atoms with Gasteiger partial charge >= 0.3 is 6.85 Å². The molecule has 3 heterocycles. The zero-order chi connectivity index (χ0) is 63.5. The van der Waals surface area contributed by atoms with E-state index in [1.807, 2.05) is 0 Å². The lowest BCUT2D eigenvalue weighted by molar-refractivity contribution is 0.332. The fraction of sp³-hybridized carbons (Fsp3) is 0.365. The molecule has 10 aromatic rings. The zero-order valence-corrected chi connectivity index (χ0v) is 57.2. The van der Waals surface area contributed by atoms with Gasteiger partial charge in [0.25, 0.3) is 0 Å². The Morgan fingerprint density at radius 2 is 0.889 bits per heavy atom. The molecule has 0 spiro atoms. The largest absolute Gasteiger partial charge is 0.456 e. The monoisotopic (exact) mass is 1180 g/mol. The molecule has 456 valence electrons. The summed E-state index contributed by atoms with van der Waals surface area (Å²) in [5.74, 6) is 0. The van der Waals surface area contributed by atoms with Gasteiger partial charge < -0.3 is 19.0 Å². The molecule has 0 N–H and O–H groups in total. The fourth-order valence-electron chi connectivity index (χ4n) is 16.8. The van der Waals surface area contributed by atoms with Crippen molar-refractivity contribution >= 4 is 85.2 Å². The van der Waals surface area contributed by atoms with Crippen molar-refractivity contribution in [3.8, 4) is 22.3 Å². The van der Waals surface area contributed by atoms with E-state index in [0.717, 1.165) is 59.6 Å². The van der Waals surface area contributed by atoms with Gasteiger partial charge in [0.15, 0.2) is 0 Å². The van der Waals surface area contributed by atoms with Crippen LogP contribution < -0.4 is 25.5 Å². The SMILES string of the molecule is CC(C)(C)c1ccc(N(c2ccc(C(C)(C)C)cc2)c2ccc3c(c2)N(c2ccc(C(C)(C)C)cc2)c2cc4c(c5c2B3N(c2ccc3c(c2)C(C)(C)CCC3(C)C)c2cc3oc6cc7c(cc6c3cc2-5)C(C)(C)CCC7(C)C)C(C)(C)c2ccccc2-4)cc1. The first-order valence-electron chi connectivity index (χ1n) is 33.6. The molecule has 5 heteroatoms. The molecule has 0 radical (unpaired) electrons. The summed E-state index contributed by atoms with van der Waals surface area (Å²) in [5.41, 5.74) is 31.3. The van der Waals surface area contributed by atoms with Gasteiger partial charge in [-0.2, -0.15) is 0 Å². The Hall–Kier alpha value is -7.76. The summed E-state index contributed by atoms with van der Waals surface area (Å²) in [6.45, 7) is 45.2. The van der Waals surface area contributed by atoms with Crippen molar-refractivity contribution in [3.63, 3.8) is 0 Å². The second-order valence-electron chi connectivity index (χ2n) is 34.0. The summed E-state index contributed by atoms with van der Waals surface area (Å²) in [6.07, 6.45) is 4.59. The lowest BCUT2D eigenvalue weighted by Crippen LogP contribution is -2.62. The predicted octanol–water partition coefficient (Wildman–Crippen LogP) is 22.7. The van der Waals surface area contributed by atoms with Crippen LogP contribution in [0.2, 0.25) is 0 Å². The number of anilines is 8. The highest BCUT2D eigenvalue weighted by atomic mass is 16.3. The Morgan fingerprint density at radius 3 is 1.47 bits per heavy atom. The Morgan fingerprint density at radius 1 is 0.400 bits per heavy atom. The van der Waals surface area contributed by atoms with Crippen LogP contribution >= 0.6 is 0 Å². The van der Waals surface area contributed by atoms with Crippen LogP contribution in [0.5, 0.6) is 0 Å². The van der Waals surface area contributed by atoms with E-state index in [0.29, 0.717) is 0 Å². The molecular weight excluding hydrogens is 1090 g/mol. The number of hydrogen-bond donors (Lipinski definition) is 0. The Kier molecular flexibility index (Phi) is 12.5. The summed E-state index contributed by atoms with van der Waals surface area (Å²) in [7, 11) is 0. The zero-order valence-electron chi connectivity index (χ0n) is 57.2. The van der Waals surface area contributed by atoms with Crippen LogP contribution in [0.25, 0.3) is 44.2 Å². The quantitative estimate of drug-likeness (QED) is 0.160. The number of benzene rings is 9. The highest BCUT2D eigenvalue weighted by Gasteiger charge is 2.51. The molecule has 0 atom stereocenters. The van der Waals surface area contributed by atoms with Crippen molar-refractivity contribution in [3.05, 3.63) is 214 Å². The molecule has 0 bridgehead atoms. The lowest BCUT2D eigenvalue weighted by atomic mass is 9.42. The van der Waals surface area contributed by atoms with Gasteiger partial charge in [0.05, 0.1) is 0 Å². The smallest absolute Gasteiger partial charge is 0.333 e. The Bertz CT molecular complexity index is 4560. The Labute approximate surface area is 537 Å². The highest BCUT2D eigenvalue weighted by molar-refractivity contribution is 6.93. The van der Waals surface area contributed by atoms with E-state index in [4.69, 9.17) is 4.42 Å². The topological polar surface area (TPSA) is 22.9 Å². The summed E-state index contributed by atoms with van der Waals surface area (Å²) < 4.78 is 7.38. The minimum atomic E-state index is -0.321. The minimum Gasteiger partial charge on any atom is -0.456 e. The van der Waals surface area contributed by atoms with Crippen molar-refractivity contribution in [2.75, 3.05) is 14.6 Å². The molecule has 0 saturated heterocycles. The third-order valence-electron chi connectivity index (χ3n) is 22.6. The van der Waals surface area contributed by atoms with E-state index in [1.54, 1.807) is 0 Å². The first-order chi connectivity index (χ1) is 42.2. The van der Waals surface area contributed by atoms with Crippen LogP contribution in [0, 0.1) is 0 Å². The van der Waals surface area contributed by atoms with E-state index in [-0.39, 0.29) is 50.2 Å². The van der Waals surface area contributed by atoms with Crippen LogP contribution in [0.3, 0.4) is 0 Å². The van der Waals surface area contributed by atoms with Crippen LogP contribution in [0.1, 0.15) is 207 Å². The molecular formula is C85H92BN3O. The molecule has 0 amide bonds. The second-order valence-corrected chi connectivity index (χ2v) is 34.0. The van der Waals surface area contributed by atoms with Crippen molar-refractivity contribution in [1.29, 1.82) is 0 Å². The molecule has 0 unspecified atom stereocenters. The van der Waals surface area contributed by atoms with Gasteiger partial charge in [0.1, 0.15) is 11.2 Å². The van der Waals surface area contributed by atoms with Crippen LogP contribution in [0.4, 0.5) is 45.5 Å². The third kappa shape index (κ3) is 8.80. The molecule has 0 fully saturated rings. The number of nitrogens with zero attached hydrogens (tertiary/aromatic N) is 3. The fourth-order valence-corrected chi connectivity index (χ4v) is 16.8.